The van der Waals surface area contributed by atoms with Gasteiger partial charge in [-0.25, -0.2) is 0 Å². The van der Waals surface area contributed by atoms with Crippen molar-refractivity contribution in [3.63, 3.8) is 0 Å². The molecule has 0 aliphatic carbocycles. The van der Waals surface area contributed by atoms with Gasteiger partial charge in [-0.3, -0.25) is 9.97 Å². The molecule has 1 aromatic rings. The fourth-order valence-corrected chi connectivity index (χ4v) is 2.87. The molecule has 0 saturated heterocycles. The number of nitrogens with zero attached hydrogens (tertiary/aromatic N) is 3. The van der Waals surface area contributed by atoms with Gasteiger partial charge in [0.1, 0.15) is 0 Å². The molecule has 1 rings (SSSR count). The van der Waals surface area contributed by atoms with Crippen LogP contribution in [0.4, 0.5) is 0 Å². The smallest absolute Gasteiger partial charge is 0.0775 e. The van der Waals surface area contributed by atoms with E-state index in [1.54, 1.807) is 12.4 Å². The third-order valence-corrected chi connectivity index (χ3v) is 4.13. The lowest BCUT2D eigenvalue weighted by atomic mass is 9.81. The third-order valence-electron chi connectivity index (χ3n) is 4.13. The van der Waals surface area contributed by atoms with E-state index in [1.807, 2.05) is 6.20 Å². The first-order valence-electron chi connectivity index (χ1n) is 7.29. The van der Waals surface area contributed by atoms with E-state index in [-0.39, 0.29) is 11.6 Å². The number of hydrogen-bond acceptors (Lipinski definition) is 4. The molecule has 0 bridgehead atoms. The summed E-state index contributed by atoms with van der Waals surface area (Å²) in [6, 6.07) is 0.214. The molecule has 1 N–H and O–H groups in total. The number of nitrogens with one attached hydrogen (secondary N) is 1. The maximum Gasteiger partial charge on any atom is 0.0775 e. The van der Waals surface area contributed by atoms with E-state index in [0.29, 0.717) is 0 Å². The van der Waals surface area contributed by atoms with E-state index >= 15 is 0 Å². The van der Waals surface area contributed by atoms with Crippen molar-refractivity contribution in [3.05, 3.63) is 24.3 Å². The average molecular weight is 264 g/mol. The van der Waals surface area contributed by atoms with Gasteiger partial charge in [-0.2, -0.15) is 0 Å². The first kappa shape index (κ1) is 16.1. The number of aromatic nitrogens is 2. The van der Waals surface area contributed by atoms with Crippen LogP contribution in [0.3, 0.4) is 0 Å². The van der Waals surface area contributed by atoms with Gasteiger partial charge in [-0.05, 0) is 39.9 Å². The largest absolute Gasteiger partial charge is 0.307 e. The number of likely N-dealkylation sites (N-methyl/N-ethyl adjacent to an activating group) is 1. The van der Waals surface area contributed by atoms with Gasteiger partial charge >= 0.3 is 0 Å². The van der Waals surface area contributed by atoms with E-state index < -0.39 is 0 Å². The third kappa shape index (κ3) is 3.51. The van der Waals surface area contributed by atoms with Crippen molar-refractivity contribution >= 4 is 0 Å². The molecule has 0 radical (unpaired) electrons. The minimum atomic E-state index is 0.0746. The van der Waals surface area contributed by atoms with Crippen molar-refractivity contribution in [2.75, 3.05) is 20.6 Å². The molecular weight excluding hydrogens is 236 g/mol. The molecule has 0 fully saturated rings. The van der Waals surface area contributed by atoms with Crippen LogP contribution in [-0.4, -0.2) is 41.0 Å². The molecule has 0 aliphatic heterocycles. The van der Waals surface area contributed by atoms with Gasteiger partial charge in [-0.15, -0.1) is 0 Å². The Labute approximate surface area is 117 Å². The Bertz CT molecular complexity index is 346. The zero-order valence-corrected chi connectivity index (χ0v) is 13.0. The summed E-state index contributed by atoms with van der Waals surface area (Å²) in [5.74, 6) is 0. The van der Waals surface area contributed by atoms with Crippen LogP contribution in [0.2, 0.25) is 0 Å². The van der Waals surface area contributed by atoms with Gasteiger partial charge in [-0.1, -0.05) is 20.8 Å². The average Bonchev–Trinajstić information content (AvgIpc) is 2.44. The van der Waals surface area contributed by atoms with Crippen LogP contribution >= 0.6 is 0 Å². The summed E-state index contributed by atoms with van der Waals surface area (Å²) < 4.78 is 0. The molecule has 1 aromatic heterocycles. The van der Waals surface area contributed by atoms with Crippen LogP contribution in [0, 0.1) is 0 Å². The first-order chi connectivity index (χ1) is 9.12. The predicted molar refractivity (Wildman–Crippen MR) is 80.1 cm³/mol. The summed E-state index contributed by atoms with van der Waals surface area (Å²) in [4.78, 5) is 11.1. The molecule has 1 atom stereocenters. The highest BCUT2D eigenvalue weighted by Crippen LogP contribution is 2.34. The van der Waals surface area contributed by atoms with Crippen molar-refractivity contribution in [2.45, 2.75) is 51.6 Å². The molecular formula is C15H28N4. The van der Waals surface area contributed by atoms with Crippen LogP contribution in [0.25, 0.3) is 0 Å². The second-order valence-electron chi connectivity index (χ2n) is 5.22. The van der Waals surface area contributed by atoms with Crippen LogP contribution in [0.15, 0.2) is 18.6 Å². The molecule has 0 aliphatic rings. The summed E-state index contributed by atoms with van der Waals surface area (Å²) in [6.07, 6.45) is 8.67. The Morgan fingerprint density at radius 3 is 2.32 bits per heavy atom. The van der Waals surface area contributed by atoms with Crippen molar-refractivity contribution < 1.29 is 0 Å². The quantitative estimate of drug-likeness (QED) is 0.783. The Balaban J connectivity index is 3.14. The molecule has 4 heteroatoms. The van der Waals surface area contributed by atoms with Crippen LogP contribution in [0.1, 0.15) is 51.8 Å². The lowest BCUT2D eigenvalue weighted by Gasteiger charge is -2.45. The second kappa shape index (κ2) is 7.56. The highest BCUT2D eigenvalue weighted by atomic mass is 15.2. The molecule has 0 amide bonds. The van der Waals surface area contributed by atoms with Gasteiger partial charge in [0.15, 0.2) is 0 Å². The Morgan fingerprint density at radius 2 is 1.89 bits per heavy atom. The SMILES string of the molecule is CCCNC(c1cnccn1)C(CC)(CC)N(C)C. The highest BCUT2D eigenvalue weighted by Gasteiger charge is 2.39. The van der Waals surface area contributed by atoms with Crippen LogP contribution in [-0.2, 0) is 0 Å². The summed E-state index contributed by atoms with van der Waals surface area (Å²) in [5.41, 5.74) is 1.11. The summed E-state index contributed by atoms with van der Waals surface area (Å²) in [7, 11) is 4.31. The Hall–Kier alpha value is -1.00. The van der Waals surface area contributed by atoms with E-state index in [4.69, 9.17) is 0 Å². The van der Waals surface area contributed by atoms with E-state index in [9.17, 15) is 0 Å². The second-order valence-corrected chi connectivity index (χ2v) is 5.22. The predicted octanol–water partition coefficient (Wildman–Crippen LogP) is 2.64. The number of rotatable bonds is 8. The Kier molecular flexibility index (Phi) is 6.38. The minimum absolute atomic E-state index is 0.0746. The molecule has 1 unspecified atom stereocenters. The number of hydrogen-bond donors (Lipinski definition) is 1. The van der Waals surface area contributed by atoms with E-state index in [1.165, 1.54) is 0 Å². The minimum Gasteiger partial charge on any atom is -0.307 e. The topological polar surface area (TPSA) is 41.1 Å². The molecule has 0 aromatic carbocycles. The zero-order valence-electron chi connectivity index (χ0n) is 13.0. The van der Waals surface area contributed by atoms with Gasteiger partial charge in [0.25, 0.3) is 0 Å². The van der Waals surface area contributed by atoms with Crippen molar-refractivity contribution in [1.29, 1.82) is 0 Å². The van der Waals surface area contributed by atoms with Crippen LogP contribution < -0.4 is 5.32 Å². The maximum atomic E-state index is 4.52. The standard InChI is InChI=1S/C15H28N4/c1-6-9-18-14(13-12-16-10-11-17-13)15(7-2,8-3)19(4)5/h10-12,14,18H,6-9H2,1-5H3. The van der Waals surface area contributed by atoms with Crippen molar-refractivity contribution in [2.24, 2.45) is 0 Å². The van der Waals surface area contributed by atoms with Gasteiger partial charge < -0.3 is 10.2 Å². The molecule has 0 spiro atoms. The molecule has 0 saturated carbocycles. The molecule has 1 heterocycles. The van der Waals surface area contributed by atoms with E-state index in [2.05, 4.69) is 55.1 Å². The summed E-state index contributed by atoms with van der Waals surface area (Å²) in [6.45, 7) is 7.69. The summed E-state index contributed by atoms with van der Waals surface area (Å²) in [5, 5.41) is 3.67. The summed E-state index contributed by atoms with van der Waals surface area (Å²) >= 11 is 0. The van der Waals surface area contributed by atoms with E-state index in [0.717, 1.165) is 31.5 Å². The van der Waals surface area contributed by atoms with Crippen LogP contribution in [0.5, 0.6) is 0 Å². The molecule has 108 valence electrons. The maximum absolute atomic E-state index is 4.52. The fourth-order valence-electron chi connectivity index (χ4n) is 2.87. The van der Waals surface area contributed by atoms with Crippen molar-refractivity contribution in [1.82, 2.24) is 20.2 Å². The lowest BCUT2D eigenvalue weighted by molar-refractivity contribution is 0.0861. The van der Waals surface area contributed by atoms with Gasteiger partial charge in [0.05, 0.1) is 17.9 Å². The molecule has 4 nitrogen and oxygen atoms in total. The first-order valence-corrected chi connectivity index (χ1v) is 7.29. The molecule has 19 heavy (non-hydrogen) atoms. The normalized spacial score (nSPS) is 13.8. The Morgan fingerprint density at radius 1 is 1.21 bits per heavy atom. The van der Waals surface area contributed by atoms with Gasteiger partial charge in [0.2, 0.25) is 0 Å². The zero-order chi connectivity index (χ0) is 14.3. The fraction of sp³-hybridized carbons (Fsp3) is 0.733. The van der Waals surface area contributed by atoms with Gasteiger partial charge in [0, 0.05) is 17.9 Å². The monoisotopic (exact) mass is 264 g/mol. The highest BCUT2D eigenvalue weighted by molar-refractivity contribution is 5.12. The lowest BCUT2D eigenvalue weighted by Crippen LogP contribution is -2.53. The van der Waals surface area contributed by atoms with Crippen molar-refractivity contribution in [3.8, 4) is 0 Å².